The maximum Gasteiger partial charge on any atom is 0.274 e. The van der Waals surface area contributed by atoms with Gasteiger partial charge in [-0.2, -0.15) is 0 Å². The first kappa shape index (κ1) is 23.2. The zero-order chi connectivity index (χ0) is 24.1. The van der Waals surface area contributed by atoms with E-state index in [0.717, 1.165) is 19.5 Å². The Morgan fingerprint density at radius 3 is 2.56 bits per heavy atom. The fourth-order valence-corrected chi connectivity index (χ4v) is 3.23. The van der Waals surface area contributed by atoms with Crippen molar-refractivity contribution in [3.8, 4) is 17.4 Å². The lowest BCUT2D eigenvalue weighted by Crippen LogP contribution is -2.42. The number of ether oxygens (including phenoxy) is 3. The number of nitrogens with zero attached hydrogens (tertiary/aromatic N) is 4. The van der Waals surface area contributed by atoms with Gasteiger partial charge in [-0.3, -0.25) is 9.59 Å². The molecule has 2 aromatic heterocycles. The largest absolute Gasteiger partial charge is 0.488 e. The summed E-state index contributed by atoms with van der Waals surface area (Å²) in [5, 5.41) is 6.44. The van der Waals surface area contributed by atoms with Crippen molar-refractivity contribution < 1.29 is 28.3 Å². The van der Waals surface area contributed by atoms with Crippen LogP contribution >= 0.6 is 0 Å². The van der Waals surface area contributed by atoms with Crippen molar-refractivity contribution in [3.05, 3.63) is 53.7 Å². The topological polar surface area (TPSA) is 129 Å². The van der Waals surface area contributed by atoms with E-state index in [1.807, 2.05) is 6.92 Å². The van der Waals surface area contributed by atoms with Gasteiger partial charge in [-0.15, -0.1) is 0 Å². The molecular formula is C23H25N5O6. The van der Waals surface area contributed by atoms with Gasteiger partial charge in [0.15, 0.2) is 5.82 Å². The van der Waals surface area contributed by atoms with Crippen molar-refractivity contribution in [2.45, 2.75) is 26.4 Å². The van der Waals surface area contributed by atoms with E-state index >= 15 is 0 Å². The van der Waals surface area contributed by atoms with Gasteiger partial charge in [0.05, 0.1) is 19.0 Å². The number of aromatic nitrogens is 3. The van der Waals surface area contributed by atoms with Gasteiger partial charge in [0, 0.05) is 37.9 Å². The van der Waals surface area contributed by atoms with Crippen LogP contribution in [0.2, 0.25) is 0 Å². The van der Waals surface area contributed by atoms with Gasteiger partial charge in [0.2, 0.25) is 5.88 Å². The third-order valence-corrected chi connectivity index (χ3v) is 4.96. The van der Waals surface area contributed by atoms with Crippen LogP contribution in [0.4, 0.5) is 5.82 Å². The Morgan fingerprint density at radius 2 is 1.94 bits per heavy atom. The summed E-state index contributed by atoms with van der Waals surface area (Å²) in [7, 11) is 1.58. The van der Waals surface area contributed by atoms with Gasteiger partial charge in [-0.25, -0.2) is 9.97 Å². The highest BCUT2D eigenvalue weighted by molar-refractivity contribution is 6.04. The number of carbonyl (C=O) groups excluding carboxylic acids is 2. The highest BCUT2D eigenvalue weighted by Crippen LogP contribution is 2.28. The molecule has 1 N–H and O–H groups in total. The second-order valence-corrected chi connectivity index (χ2v) is 7.84. The van der Waals surface area contributed by atoms with Gasteiger partial charge >= 0.3 is 0 Å². The number of carbonyl (C=O) groups is 2. The van der Waals surface area contributed by atoms with E-state index < -0.39 is 5.91 Å². The van der Waals surface area contributed by atoms with Crippen LogP contribution in [-0.4, -0.2) is 64.7 Å². The van der Waals surface area contributed by atoms with Crippen LogP contribution in [0, 0.1) is 6.92 Å². The molecule has 4 rings (SSSR count). The molecule has 3 aromatic rings. The summed E-state index contributed by atoms with van der Waals surface area (Å²) in [6, 6.07) is 6.36. The lowest BCUT2D eigenvalue weighted by molar-refractivity contribution is 0.0645. The summed E-state index contributed by atoms with van der Waals surface area (Å²) in [5.74, 6) is 1.15. The summed E-state index contributed by atoms with van der Waals surface area (Å²) in [6.07, 6.45) is 3.47. The molecule has 1 aliphatic heterocycles. The second-order valence-electron chi connectivity index (χ2n) is 7.84. The molecule has 3 heterocycles. The summed E-state index contributed by atoms with van der Waals surface area (Å²) in [5.41, 5.74) is 0.524. The van der Waals surface area contributed by atoms with Crippen LogP contribution in [0.3, 0.4) is 0 Å². The highest BCUT2D eigenvalue weighted by Gasteiger charge is 2.23. The Hall–Kier alpha value is -3.99. The van der Waals surface area contributed by atoms with Crippen LogP contribution in [0.15, 0.2) is 41.2 Å². The SMILES string of the molecule is COCC(C)Oc1cc(Oc2cnc(C(=O)N3CCC3)cn2)cc(C(=O)Nc2cc(C)on2)c1. The van der Waals surface area contributed by atoms with E-state index in [-0.39, 0.29) is 35.0 Å². The van der Waals surface area contributed by atoms with E-state index in [2.05, 4.69) is 20.4 Å². The number of amides is 2. The lowest BCUT2D eigenvalue weighted by Gasteiger charge is -2.30. The number of aryl methyl sites for hydroxylation is 1. The van der Waals surface area contributed by atoms with E-state index in [9.17, 15) is 9.59 Å². The molecule has 11 heteroatoms. The van der Waals surface area contributed by atoms with Gasteiger partial charge in [0.25, 0.3) is 11.8 Å². The minimum atomic E-state index is -0.426. The number of methoxy groups -OCH3 is 1. The molecule has 11 nitrogen and oxygen atoms in total. The van der Waals surface area contributed by atoms with Crippen LogP contribution in [0.1, 0.15) is 40.0 Å². The molecule has 0 aliphatic carbocycles. The summed E-state index contributed by atoms with van der Waals surface area (Å²) in [4.78, 5) is 35.1. The standard InChI is InChI=1S/C23H25N5O6/c1-14-7-20(27-34-14)26-22(29)16-8-17(32-15(2)13-31-3)10-18(9-16)33-21-12-24-19(11-25-21)23(30)28-5-4-6-28/h7-12,15H,4-6,13H2,1-3H3,(H,26,27,29). The molecule has 0 spiro atoms. The maximum atomic E-state index is 12.8. The molecule has 1 saturated heterocycles. The van der Waals surface area contributed by atoms with Crippen molar-refractivity contribution in [1.29, 1.82) is 0 Å². The van der Waals surface area contributed by atoms with Crippen molar-refractivity contribution in [3.63, 3.8) is 0 Å². The Morgan fingerprint density at radius 1 is 1.15 bits per heavy atom. The summed E-state index contributed by atoms with van der Waals surface area (Å²) in [6.45, 7) is 5.39. The number of benzene rings is 1. The second kappa shape index (κ2) is 10.3. The normalized spacial score (nSPS) is 13.7. The minimum absolute atomic E-state index is 0.158. The Balaban J connectivity index is 1.54. The van der Waals surface area contributed by atoms with Crippen LogP contribution < -0.4 is 14.8 Å². The van der Waals surface area contributed by atoms with E-state index in [4.69, 9.17) is 18.7 Å². The molecule has 1 aliphatic rings. The number of rotatable bonds is 9. The van der Waals surface area contributed by atoms with Crippen molar-refractivity contribution in [2.24, 2.45) is 0 Å². The Kier molecular flexibility index (Phi) is 7.02. The third kappa shape index (κ3) is 5.67. The zero-order valence-corrected chi connectivity index (χ0v) is 19.1. The van der Waals surface area contributed by atoms with Gasteiger partial charge in [-0.1, -0.05) is 5.16 Å². The van der Waals surface area contributed by atoms with E-state index in [0.29, 0.717) is 23.9 Å². The number of hydrogen-bond donors (Lipinski definition) is 1. The molecule has 1 fully saturated rings. The average Bonchev–Trinajstić information content (AvgIpc) is 3.17. The van der Waals surface area contributed by atoms with Gasteiger partial charge < -0.3 is 29.0 Å². The third-order valence-electron chi connectivity index (χ3n) is 4.96. The molecule has 34 heavy (non-hydrogen) atoms. The number of hydrogen-bond acceptors (Lipinski definition) is 9. The van der Waals surface area contributed by atoms with Gasteiger partial charge in [-0.05, 0) is 32.4 Å². The molecule has 1 aromatic carbocycles. The zero-order valence-electron chi connectivity index (χ0n) is 19.1. The Labute approximate surface area is 196 Å². The van der Waals surface area contributed by atoms with Crippen LogP contribution in [-0.2, 0) is 4.74 Å². The van der Waals surface area contributed by atoms with E-state index in [1.165, 1.54) is 18.5 Å². The number of nitrogens with one attached hydrogen (secondary N) is 1. The van der Waals surface area contributed by atoms with Crippen LogP contribution in [0.5, 0.6) is 17.4 Å². The lowest BCUT2D eigenvalue weighted by atomic mass is 10.2. The van der Waals surface area contributed by atoms with Crippen molar-refractivity contribution in [2.75, 3.05) is 32.1 Å². The first-order valence-corrected chi connectivity index (χ1v) is 10.8. The average molecular weight is 467 g/mol. The minimum Gasteiger partial charge on any atom is -0.488 e. The first-order valence-electron chi connectivity index (χ1n) is 10.8. The fourth-order valence-electron chi connectivity index (χ4n) is 3.23. The molecule has 1 atom stereocenters. The molecule has 178 valence electrons. The maximum absolute atomic E-state index is 12.8. The molecule has 0 bridgehead atoms. The molecule has 1 unspecified atom stereocenters. The highest BCUT2D eigenvalue weighted by atomic mass is 16.5. The smallest absolute Gasteiger partial charge is 0.274 e. The fraction of sp³-hybridized carbons (Fsp3) is 0.348. The Bertz CT molecular complexity index is 1160. The van der Waals surface area contributed by atoms with Crippen molar-refractivity contribution >= 4 is 17.6 Å². The predicted molar refractivity (Wildman–Crippen MR) is 120 cm³/mol. The molecule has 0 radical (unpaired) electrons. The quantitative estimate of drug-likeness (QED) is 0.505. The van der Waals surface area contributed by atoms with E-state index in [1.54, 1.807) is 37.1 Å². The molecular weight excluding hydrogens is 442 g/mol. The monoisotopic (exact) mass is 467 g/mol. The summed E-state index contributed by atoms with van der Waals surface area (Å²) < 4.78 is 21.8. The number of likely N-dealkylation sites (tertiary alicyclic amines) is 1. The number of anilines is 1. The van der Waals surface area contributed by atoms with Crippen molar-refractivity contribution in [1.82, 2.24) is 20.0 Å². The predicted octanol–water partition coefficient (Wildman–Crippen LogP) is 3.08. The summed E-state index contributed by atoms with van der Waals surface area (Å²) >= 11 is 0. The van der Waals surface area contributed by atoms with Gasteiger partial charge in [0.1, 0.15) is 29.1 Å². The molecule has 2 amide bonds. The van der Waals surface area contributed by atoms with Crippen LogP contribution in [0.25, 0.3) is 0 Å². The first-order chi connectivity index (χ1) is 16.4. The molecule has 0 saturated carbocycles.